The molecule has 2 N–H and O–H groups in total. The number of hydrogen-bond acceptors (Lipinski definition) is 5. The van der Waals surface area contributed by atoms with E-state index in [4.69, 9.17) is 0 Å². The highest BCUT2D eigenvalue weighted by atomic mass is 16.1. The highest BCUT2D eigenvalue weighted by Gasteiger charge is 2.05. The molecular formula is C20H16N6O. The monoisotopic (exact) mass is 356 g/mol. The molecule has 132 valence electrons. The maximum Gasteiger partial charge on any atom is 0.255 e. The van der Waals surface area contributed by atoms with Gasteiger partial charge in [-0.3, -0.25) is 9.36 Å². The molecule has 0 atom stereocenters. The molecule has 0 saturated heterocycles. The number of amides is 1. The van der Waals surface area contributed by atoms with Gasteiger partial charge in [0.15, 0.2) is 0 Å². The molecule has 27 heavy (non-hydrogen) atoms. The minimum atomic E-state index is -0.142. The summed E-state index contributed by atoms with van der Waals surface area (Å²) in [6.45, 7) is 0. The van der Waals surface area contributed by atoms with Crippen molar-refractivity contribution in [1.29, 1.82) is 0 Å². The second kappa shape index (κ2) is 7.49. The number of nitrogens with zero attached hydrogens (tertiary/aromatic N) is 4. The minimum absolute atomic E-state index is 0.142. The Balaban J connectivity index is 1.44. The maximum absolute atomic E-state index is 12.2. The largest absolute Gasteiger partial charge is 0.340 e. The molecular weight excluding hydrogens is 340 g/mol. The lowest BCUT2D eigenvalue weighted by molar-refractivity contribution is 0.102. The maximum atomic E-state index is 12.2. The zero-order valence-corrected chi connectivity index (χ0v) is 14.3. The summed E-state index contributed by atoms with van der Waals surface area (Å²) < 4.78 is 1.80. The Bertz CT molecular complexity index is 1030. The Morgan fingerprint density at radius 1 is 0.926 bits per heavy atom. The van der Waals surface area contributed by atoms with Crippen LogP contribution in [-0.4, -0.2) is 25.4 Å². The van der Waals surface area contributed by atoms with Crippen molar-refractivity contribution in [3.05, 3.63) is 91.3 Å². The Morgan fingerprint density at radius 3 is 2.44 bits per heavy atom. The number of carbonyl (C=O) groups excluding carboxylic acids is 1. The number of carbonyl (C=O) groups is 1. The van der Waals surface area contributed by atoms with Crippen LogP contribution in [0.25, 0.3) is 5.82 Å². The van der Waals surface area contributed by atoms with Crippen LogP contribution in [0.1, 0.15) is 10.4 Å². The lowest BCUT2D eigenvalue weighted by atomic mass is 10.2. The molecule has 0 aliphatic carbocycles. The quantitative estimate of drug-likeness (QED) is 0.570. The zero-order valence-electron chi connectivity index (χ0n) is 14.3. The Labute approximate surface area is 155 Å². The van der Waals surface area contributed by atoms with Crippen LogP contribution in [0.2, 0.25) is 0 Å². The van der Waals surface area contributed by atoms with Crippen LogP contribution in [0.15, 0.2) is 85.7 Å². The van der Waals surface area contributed by atoms with Gasteiger partial charge in [-0.25, -0.2) is 15.0 Å². The fourth-order valence-electron chi connectivity index (χ4n) is 2.53. The molecule has 4 rings (SSSR count). The SMILES string of the molecule is O=C(Nc1ccc(Nc2cc(-n3ccnc3)ncn2)cc1)c1ccccc1. The molecule has 7 nitrogen and oxygen atoms in total. The molecule has 0 saturated carbocycles. The van der Waals surface area contributed by atoms with Crippen molar-refractivity contribution in [1.82, 2.24) is 19.5 Å². The summed E-state index contributed by atoms with van der Waals surface area (Å²) in [5.74, 6) is 1.24. The first-order valence-corrected chi connectivity index (χ1v) is 8.32. The molecule has 0 bridgehead atoms. The number of benzene rings is 2. The van der Waals surface area contributed by atoms with E-state index in [9.17, 15) is 4.79 Å². The molecule has 2 heterocycles. The highest BCUT2D eigenvalue weighted by molar-refractivity contribution is 6.04. The van der Waals surface area contributed by atoms with Crippen LogP contribution < -0.4 is 10.6 Å². The van der Waals surface area contributed by atoms with Gasteiger partial charge in [-0.15, -0.1) is 0 Å². The first-order chi connectivity index (χ1) is 13.3. The average Bonchev–Trinajstić information content (AvgIpc) is 3.25. The van der Waals surface area contributed by atoms with E-state index in [-0.39, 0.29) is 5.91 Å². The summed E-state index contributed by atoms with van der Waals surface area (Å²) in [5, 5.41) is 6.10. The smallest absolute Gasteiger partial charge is 0.255 e. The lowest BCUT2D eigenvalue weighted by Crippen LogP contribution is -2.11. The van der Waals surface area contributed by atoms with Gasteiger partial charge >= 0.3 is 0 Å². The van der Waals surface area contributed by atoms with Crippen molar-refractivity contribution in [2.75, 3.05) is 10.6 Å². The van der Waals surface area contributed by atoms with E-state index in [0.29, 0.717) is 11.4 Å². The third-order valence-corrected chi connectivity index (χ3v) is 3.87. The second-order valence-corrected chi connectivity index (χ2v) is 5.75. The number of imidazole rings is 1. The van der Waals surface area contributed by atoms with E-state index in [1.54, 1.807) is 29.2 Å². The van der Waals surface area contributed by atoms with E-state index < -0.39 is 0 Å². The number of anilines is 3. The number of rotatable bonds is 5. The first kappa shape index (κ1) is 16.5. The standard InChI is InChI=1S/C20H16N6O/c27-20(15-4-2-1-3-5-15)25-17-8-6-16(7-9-17)24-18-12-19(23-13-22-18)26-11-10-21-14-26/h1-14H,(H,25,27)(H,22,23,24). The van der Waals surface area contributed by atoms with E-state index in [0.717, 1.165) is 17.2 Å². The molecule has 0 aliphatic rings. The Morgan fingerprint density at radius 2 is 1.70 bits per heavy atom. The molecule has 2 aromatic carbocycles. The predicted molar refractivity (Wildman–Crippen MR) is 103 cm³/mol. The Kier molecular flexibility index (Phi) is 4.57. The third kappa shape index (κ3) is 3.98. The second-order valence-electron chi connectivity index (χ2n) is 5.75. The third-order valence-electron chi connectivity index (χ3n) is 3.87. The minimum Gasteiger partial charge on any atom is -0.340 e. The Hall–Kier alpha value is -4.00. The van der Waals surface area contributed by atoms with Crippen LogP contribution in [0.4, 0.5) is 17.2 Å². The fraction of sp³-hybridized carbons (Fsp3) is 0. The summed E-state index contributed by atoms with van der Waals surface area (Å²) in [4.78, 5) is 24.7. The van der Waals surface area contributed by atoms with Gasteiger partial charge in [-0.2, -0.15) is 0 Å². The lowest BCUT2D eigenvalue weighted by Gasteiger charge is -2.09. The van der Waals surface area contributed by atoms with Crippen molar-refractivity contribution >= 4 is 23.1 Å². The molecule has 1 amide bonds. The summed E-state index contributed by atoms with van der Waals surface area (Å²) in [6, 6.07) is 18.3. The van der Waals surface area contributed by atoms with Crippen molar-refractivity contribution in [3.63, 3.8) is 0 Å². The molecule has 2 aromatic heterocycles. The molecule has 0 aliphatic heterocycles. The highest BCUT2D eigenvalue weighted by Crippen LogP contribution is 2.19. The molecule has 0 unspecified atom stereocenters. The topological polar surface area (TPSA) is 84.7 Å². The average molecular weight is 356 g/mol. The molecule has 0 spiro atoms. The molecule has 0 radical (unpaired) electrons. The first-order valence-electron chi connectivity index (χ1n) is 8.32. The van der Waals surface area contributed by atoms with Crippen LogP contribution in [0.5, 0.6) is 0 Å². The van der Waals surface area contributed by atoms with Crippen LogP contribution in [0, 0.1) is 0 Å². The van der Waals surface area contributed by atoms with Gasteiger partial charge in [0.1, 0.15) is 24.3 Å². The van der Waals surface area contributed by atoms with Crippen molar-refractivity contribution < 1.29 is 4.79 Å². The van der Waals surface area contributed by atoms with Gasteiger partial charge in [-0.1, -0.05) is 18.2 Å². The van der Waals surface area contributed by atoms with Gasteiger partial charge in [0.25, 0.3) is 5.91 Å². The normalized spacial score (nSPS) is 10.4. The van der Waals surface area contributed by atoms with Crippen LogP contribution in [0.3, 0.4) is 0 Å². The van der Waals surface area contributed by atoms with Crippen molar-refractivity contribution in [3.8, 4) is 5.82 Å². The molecule has 0 fully saturated rings. The van der Waals surface area contributed by atoms with Crippen LogP contribution >= 0.6 is 0 Å². The van der Waals surface area contributed by atoms with Gasteiger partial charge < -0.3 is 10.6 Å². The van der Waals surface area contributed by atoms with E-state index in [2.05, 4.69) is 25.6 Å². The predicted octanol–water partition coefficient (Wildman–Crippen LogP) is 3.66. The van der Waals surface area contributed by atoms with Crippen molar-refractivity contribution in [2.45, 2.75) is 0 Å². The number of hydrogen-bond donors (Lipinski definition) is 2. The van der Waals surface area contributed by atoms with Gasteiger partial charge in [0, 0.05) is 35.4 Å². The fourth-order valence-corrected chi connectivity index (χ4v) is 2.53. The number of aromatic nitrogens is 4. The van der Waals surface area contributed by atoms with Gasteiger partial charge in [0.2, 0.25) is 0 Å². The summed E-state index contributed by atoms with van der Waals surface area (Å²) in [6.07, 6.45) is 6.68. The van der Waals surface area contributed by atoms with Gasteiger partial charge in [0.05, 0.1) is 0 Å². The number of nitrogens with one attached hydrogen (secondary N) is 2. The molecule has 7 heteroatoms. The van der Waals surface area contributed by atoms with Crippen LogP contribution in [-0.2, 0) is 0 Å². The van der Waals surface area contributed by atoms with Crippen molar-refractivity contribution in [2.24, 2.45) is 0 Å². The van der Waals surface area contributed by atoms with Gasteiger partial charge in [-0.05, 0) is 36.4 Å². The summed E-state index contributed by atoms with van der Waals surface area (Å²) >= 11 is 0. The van der Waals surface area contributed by atoms with E-state index in [1.165, 1.54) is 6.33 Å². The zero-order chi connectivity index (χ0) is 18.5. The van der Waals surface area contributed by atoms with E-state index >= 15 is 0 Å². The summed E-state index contributed by atoms with van der Waals surface area (Å²) in [7, 11) is 0. The summed E-state index contributed by atoms with van der Waals surface area (Å²) in [5.41, 5.74) is 2.19. The van der Waals surface area contributed by atoms with E-state index in [1.807, 2.05) is 54.7 Å². The molecule has 4 aromatic rings.